The second kappa shape index (κ2) is 12.7. The number of aryl methyl sites for hydroxylation is 1. The Morgan fingerprint density at radius 1 is 1.12 bits per heavy atom. The van der Waals surface area contributed by atoms with Gasteiger partial charge in [0.1, 0.15) is 10.6 Å². The van der Waals surface area contributed by atoms with Crippen LogP contribution in [0.1, 0.15) is 75.2 Å². The quantitative estimate of drug-likeness (QED) is 0.360. The Balaban J connectivity index is 1.27. The zero-order valence-corrected chi connectivity index (χ0v) is 26.1. The average Bonchev–Trinajstić information content (AvgIpc) is 3.48. The predicted octanol–water partition coefficient (Wildman–Crippen LogP) is 4.99. The first-order valence-corrected chi connectivity index (χ1v) is 16.1. The zero-order valence-electron chi connectivity index (χ0n) is 25.2. The number of carbonyl (C=O) groups excluding carboxylic acids is 3. The standard InChI is InChI=1S/C32H42N4O6S/c1-4-33-30(41)34-27-24(18-25(43-27)22-9-6-21(7-10-22)8-11-26(37)38)28(39)35-16-12-23(13-17-35)36-15-5-14-32(20-36)19-31(2,3)42-29(32)40/h6-7,9-10,18,23H,4-5,8,11-17,19-20H2,1-3H3,(H,37,38)(H2,33,34,41). The summed E-state index contributed by atoms with van der Waals surface area (Å²) in [7, 11) is 0. The molecule has 232 valence electrons. The van der Waals surface area contributed by atoms with Crippen molar-refractivity contribution >= 4 is 40.2 Å². The number of benzene rings is 1. The molecule has 3 N–H and O–H groups in total. The van der Waals surface area contributed by atoms with Crippen molar-refractivity contribution in [2.75, 3.05) is 38.0 Å². The minimum Gasteiger partial charge on any atom is -0.481 e. The van der Waals surface area contributed by atoms with E-state index in [0.717, 1.165) is 61.2 Å². The highest BCUT2D eigenvalue weighted by atomic mass is 32.1. The van der Waals surface area contributed by atoms with Crippen LogP contribution >= 0.6 is 11.3 Å². The Hall–Kier alpha value is -3.44. The molecule has 11 heteroatoms. The summed E-state index contributed by atoms with van der Waals surface area (Å²) in [5, 5.41) is 15.1. The highest BCUT2D eigenvalue weighted by molar-refractivity contribution is 7.20. The van der Waals surface area contributed by atoms with Crippen molar-refractivity contribution < 1.29 is 29.0 Å². The number of cyclic esters (lactones) is 1. The first-order valence-electron chi connectivity index (χ1n) is 15.3. The number of carboxylic acids is 1. The molecule has 4 heterocycles. The molecule has 3 aliphatic rings. The third kappa shape index (κ3) is 7.04. The van der Waals surface area contributed by atoms with E-state index < -0.39 is 17.0 Å². The predicted molar refractivity (Wildman–Crippen MR) is 165 cm³/mol. The first-order chi connectivity index (χ1) is 20.5. The topological polar surface area (TPSA) is 128 Å². The van der Waals surface area contributed by atoms with E-state index in [1.807, 2.05) is 56.0 Å². The Morgan fingerprint density at radius 2 is 1.84 bits per heavy atom. The number of piperidine rings is 2. The number of esters is 1. The van der Waals surface area contributed by atoms with Gasteiger partial charge in [-0.3, -0.25) is 24.6 Å². The molecule has 1 spiro atoms. The van der Waals surface area contributed by atoms with Crippen molar-refractivity contribution in [3.8, 4) is 10.4 Å². The van der Waals surface area contributed by atoms with E-state index in [2.05, 4.69) is 15.5 Å². The van der Waals surface area contributed by atoms with Crippen LogP contribution in [0.25, 0.3) is 10.4 Å². The molecule has 0 bridgehead atoms. The van der Waals surface area contributed by atoms with Gasteiger partial charge < -0.3 is 20.1 Å². The van der Waals surface area contributed by atoms with Crippen molar-refractivity contribution in [2.24, 2.45) is 5.41 Å². The number of amides is 3. The molecule has 0 saturated carbocycles. The van der Waals surface area contributed by atoms with Gasteiger partial charge in [0.15, 0.2) is 0 Å². The zero-order chi connectivity index (χ0) is 30.8. The summed E-state index contributed by atoms with van der Waals surface area (Å²) >= 11 is 1.35. The molecule has 3 amide bonds. The summed E-state index contributed by atoms with van der Waals surface area (Å²) in [6.45, 7) is 9.17. The minimum absolute atomic E-state index is 0.0647. The van der Waals surface area contributed by atoms with Crippen LogP contribution in [0.5, 0.6) is 0 Å². The van der Waals surface area contributed by atoms with Gasteiger partial charge in [-0.1, -0.05) is 24.3 Å². The van der Waals surface area contributed by atoms with Crippen molar-refractivity contribution in [3.63, 3.8) is 0 Å². The van der Waals surface area contributed by atoms with Gasteiger partial charge in [0.2, 0.25) is 0 Å². The third-order valence-corrected chi connectivity index (χ3v) is 9.93. The van der Waals surface area contributed by atoms with Crippen molar-refractivity contribution in [1.29, 1.82) is 0 Å². The first kappa shape index (κ1) is 31.0. The van der Waals surface area contributed by atoms with Crippen LogP contribution in [0, 0.1) is 5.41 Å². The number of hydrogen-bond donors (Lipinski definition) is 3. The van der Waals surface area contributed by atoms with E-state index >= 15 is 0 Å². The fraction of sp³-hybridized carbons (Fsp3) is 0.562. The van der Waals surface area contributed by atoms with E-state index in [0.29, 0.717) is 42.7 Å². The molecule has 1 aromatic carbocycles. The number of carbonyl (C=O) groups is 4. The Labute approximate surface area is 256 Å². The maximum atomic E-state index is 13.8. The van der Waals surface area contributed by atoms with Crippen LogP contribution in [-0.2, 0) is 20.7 Å². The van der Waals surface area contributed by atoms with Crippen LogP contribution in [-0.4, -0.2) is 83.1 Å². The van der Waals surface area contributed by atoms with E-state index in [1.165, 1.54) is 11.3 Å². The lowest BCUT2D eigenvalue weighted by molar-refractivity contribution is -0.154. The summed E-state index contributed by atoms with van der Waals surface area (Å²) in [5.74, 6) is -1.01. The number of carboxylic acid groups (broad SMARTS) is 1. The minimum atomic E-state index is -0.835. The van der Waals surface area contributed by atoms with Crippen LogP contribution in [0.2, 0.25) is 0 Å². The number of ether oxygens (including phenoxy) is 1. The molecule has 43 heavy (non-hydrogen) atoms. The van der Waals surface area contributed by atoms with Crippen LogP contribution < -0.4 is 10.6 Å². The van der Waals surface area contributed by atoms with Crippen LogP contribution in [0.3, 0.4) is 0 Å². The van der Waals surface area contributed by atoms with Crippen molar-refractivity contribution in [3.05, 3.63) is 41.5 Å². The van der Waals surface area contributed by atoms with Crippen LogP contribution in [0.4, 0.5) is 9.80 Å². The molecular weight excluding hydrogens is 568 g/mol. The molecule has 0 radical (unpaired) electrons. The monoisotopic (exact) mass is 610 g/mol. The number of aliphatic carboxylic acids is 1. The molecule has 5 rings (SSSR count). The van der Waals surface area contributed by atoms with E-state index in [1.54, 1.807) is 0 Å². The molecule has 1 aromatic heterocycles. The number of rotatable bonds is 8. The summed E-state index contributed by atoms with van der Waals surface area (Å²) < 4.78 is 5.71. The highest BCUT2D eigenvalue weighted by Gasteiger charge is 2.54. The van der Waals surface area contributed by atoms with Gasteiger partial charge in [0.05, 0.1) is 11.0 Å². The maximum Gasteiger partial charge on any atom is 0.319 e. The number of hydrogen-bond acceptors (Lipinski definition) is 7. The number of urea groups is 1. The van der Waals surface area contributed by atoms with Gasteiger partial charge in [-0.2, -0.15) is 0 Å². The number of likely N-dealkylation sites (tertiary alicyclic amines) is 2. The van der Waals surface area contributed by atoms with Gasteiger partial charge >= 0.3 is 18.0 Å². The molecule has 3 aliphatic heterocycles. The molecule has 0 aliphatic carbocycles. The van der Waals surface area contributed by atoms with E-state index in [9.17, 15) is 19.2 Å². The normalized spacial score (nSPS) is 22.4. The fourth-order valence-corrected chi connectivity index (χ4v) is 7.91. The van der Waals surface area contributed by atoms with Gasteiger partial charge in [0, 0.05) is 49.9 Å². The summed E-state index contributed by atoms with van der Waals surface area (Å²) in [6.07, 6.45) is 4.76. The Morgan fingerprint density at radius 3 is 2.47 bits per heavy atom. The molecule has 1 unspecified atom stereocenters. The number of thiophene rings is 1. The molecule has 3 saturated heterocycles. The SMILES string of the molecule is CCNC(=O)Nc1sc(-c2ccc(CCC(=O)O)cc2)cc1C(=O)N1CCC(N2CCCC3(C2)CC(C)(C)OC3=O)CC1. The van der Waals surface area contributed by atoms with Gasteiger partial charge in [0.25, 0.3) is 5.91 Å². The summed E-state index contributed by atoms with van der Waals surface area (Å²) in [4.78, 5) is 55.2. The van der Waals surface area contributed by atoms with Gasteiger partial charge in [-0.05, 0) is 76.6 Å². The largest absolute Gasteiger partial charge is 0.481 e. The lowest BCUT2D eigenvalue weighted by Gasteiger charge is -2.44. The molecule has 10 nitrogen and oxygen atoms in total. The van der Waals surface area contributed by atoms with Crippen molar-refractivity contribution in [2.45, 2.75) is 77.4 Å². The Bertz CT molecular complexity index is 1360. The Kier molecular flexibility index (Phi) is 9.12. The highest BCUT2D eigenvalue weighted by Crippen LogP contribution is 2.47. The average molecular weight is 611 g/mol. The molecule has 2 aromatic rings. The second-order valence-corrected chi connectivity index (χ2v) is 13.7. The lowest BCUT2D eigenvalue weighted by atomic mass is 9.74. The number of anilines is 1. The van der Waals surface area contributed by atoms with E-state index in [4.69, 9.17) is 9.84 Å². The maximum absolute atomic E-state index is 13.8. The molecule has 3 fully saturated rings. The third-order valence-electron chi connectivity index (χ3n) is 8.83. The molecule has 1 atom stereocenters. The fourth-order valence-electron chi connectivity index (χ4n) is 6.86. The van der Waals surface area contributed by atoms with Crippen molar-refractivity contribution in [1.82, 2.24) is 15.1 Å². The van der Waals surface area contributed by atoms with Crippen LogP contribution in [0.15, 0.2) is 30.3 Å². The molecular formula is C32H42N4O6S. The number of nitrogens with one attached hydrogen (secondary N) is 2. The van der Waals surface area contributed by atoms with E-state index in [-0.39, 0.29) is 24.3 Å². The van der Waals surface area contributed by atoms with Gasteiger partial charge in [-0.25, -0.2) is 4.79 Å². The number of nitrogens with zero attached hydrogens (tertiary/aromatic N) is 2. The smallest absolute Gasteiger partial charge is 0.319 e. The van der Waals surface area contributed by atoms with Gasteiger partial charge in [-0.15, -0.1) is 11.3 Å². The lowest BCUT2D eigenvalue weighted by Crippen LogP contribution is -2.53. The summed E-state index contributed by atoms with van der Waals surface area (Å²) in [6, 6.07) is 9.44. The second-order valence-electron chi connectivity index (χ2n) is 12.6. The summed E-state index contributed by atoms with van der Waals surface area (Å²) in [5.41, 5.74) is 1.45.